The quantitative estimate of drug-likeness (QED) is 0.625. The fraction of sp³-hybridized carbons (Fsp3) is 0.286. The Morgan fingerprint density at radius 2 is 1.91 bits per heavy atom. The summed E-state index contributed by atoms with van der Waals surface area (Å²) in [6.07, 6.45) is 0. The molecule has 0 spiro atoms. The van der Waals surface area contributed by atoms with Gasteiger partial charge in [0, 0.05) is 32.2 Å². The molecule has 2 aromatic rings. The van der Waals surface area contributed by atoms with Gasteiger partial charge in [-0.1, -0.05) is 23.7 Å². The maximum absolute atomic E-state index is 11.1. The summed E-state index contributed by atoms with van der Waals surface area (Å²) in [6.45, 7) is 2.56. The van der Waals surface area contributed by atoms with E-state index in [0.717, 1.165) is 5.00 Å². The summed E-state index contributed by atoms with van der Waals surface area (Å²) < 4.78 is 4.02. The molecule has 0 saturated carbocycles. The minimum atomic E-state index is -0.363. The van der Waals surface area contributed by atoms with Crippen LogP contribution in [0.2, 0.25) is 5.15 Å². The van der Waals surface area contributed by atoms with E-state index in [2.05, 4.69) is 10.4 Å². The fourth-order valence-electron chi connectivity index (χ4n) is 2.61. The van der Waals surface area contributed by atoms with Crippen molar-refractivity contribution in [3.8, 4) is 6.07 Å². The first-order chi connectivity index (χ1) is 11.1. The van der Waals surface area contributed by atoms with E-state index < -0.39 is 0 Å². The molecule has 0 N–H and O–H groups in total. The predicted molar refractivity (Wildman–Crippen MR) is 89.4 cm³/mol. The number of hydrogen-bond acceptors (Lipinski definition) is 7. The van der Waals surface area contributed by atoms with Crippen LogP contribution in [-0.4, -0.2) is 35.5 Å². The number of anilines is 2. The molecule has 23 heavy (non-hydrogen) atoms. The van der Waals surface area contributed by atoms with Crippen molar-refractivity contribution in [2.24, 2.45) is 0 Å². The SMILES string of the molecule is N#Cc1c(Cl)nsc1N1CCN(c2ccccc2[N+](=O)[O-])CC1. The number of halogens is 1. The van der Waals surface area contributed by atoms with Gasteiger partial charge < -0.3 is 9.80 Å². The molecule has 1 aromatic heterocycles. The average Bonchev–Trinajstić information content (AvgIpc) is 2.95. The van der Waals surface area contributed by atoms with Gasteiger partial charge in [-0.15, -0.1) is 0 Å². The van der Waals surface area contributed by atoms with E-state index >= 15 is 0 Å². The second-order valence-electron chi connectivity index (χ2n) is 4.99. The number of nitro benzene ring substituents is 1. The number of benzene rings is 1. The van der Waals surface area contributed by atoms with Crippen LogP contribution >= 0.6 is 23.1 Å². The lowest BCUT2D eigenvalue weighted by molar-refractivity contribution is -0.384. The Morgan fingerprint density at radius 3 is 2.57 bits per heavy atom. The molecule has 2 heterocycles. The highest BCUT2D eigenvalue weighted by Crippen LogP contribution is 2.33. The highest BCUT2D eigenvalue weighted by atomic mass is 35.5. The normalized spacial score (nSPS) is 14.6. The van der Waals surface area contributed by atoms with Crippen molar-refractivity contribution < 1.29 is 4.92 Å². The molecule has 7 nitrogen and oxygen atoms in total. The zero-order valence-corrected chi connectivity index (χ0v) is 13.5. The molecule has 1 aromatic carbocycles. The molecule has 1 aliphatic heterocycles. The van der Waals surface area contributed by atoms with Crippen LogP contribution in [0, 0.1) is 21.4 Å². The molecule has 9 heteroatoms. The van der Waals surface area contributed by atoms with Crippen LogP contribution in [0.15, 0.2) is 24.3 Å². The van der Waals surface area contributed by atoms with Crippen molar-refractivity contribution >= 4 is 39.5 Å². The van der Waals surface area contributed by atoms with Crippen molar-refractivity contribution in [1.29, 1.82) is 5.26 Å². The summed E-state index contributed by atoms with van der Waals surface area (Å²) >= 11 is 7.12. The molecule has 1 fully saturated rings. The Bertz CT molecular complexity index is 780. The summed E-state index contributed by atoms with van der Waals surface area (Å²) in [4.78, 5) is 14.8. The lowest BCUT2D eigenvalue weighted by Crippen LogP contribution is -2.46. The number of nitro groups is 1. The molecule has 118 valence electrons. The first-order valence-electron chi connectivity index (χ1n) is 6.90. The molecule has 1 aliphatic rings. The summed E-state index contributed by atoms with van der Waals surface area (Å²) in [5, 5.41) is 21.3. The van der Waals surface area contributed by atoms with Crippen LogP contribution in [0.3, 0.4) is 0 Å². The van der Waals surface area contributed by atoms with E-state index in [4.69, 9.17) is 16.9 Å². The van der Waals surface area contributed by atoms with Crippen molar-refractivity contribution in [3.05, 3.63) is 45.1 Å². The van der Waals surface area contributed by atoms with Crippen molar-refractivity contribution in [1.82, 2.24) is 4.37 Å². The number of nitriles is 1. The molecule has 0 amide bonds. The first-order valence-corrected chi connectivity index (χ1v) is 8.05. The van der Waals surface area contributed by atoms with Gasteiger partial charge in [0.15, 0.2) is 5.15 Å². The number of aromatic nitrogens is 1. The highest BCUT2D eigenvalue weighted by Gasteiger charge is 2.26. The monoisotopic (exact) mass is 349 g/mol. The third-order valence-electron chi connectivity index (χ3n) is 3.73. The molecule has 1 saturated heterocycles. The molecular weight excluding hydrogens is 338 g/mol. The van der Waals surface area contributed by atoms with Gasteiger partial charge in [-0.3, -0.25) is 10.1 Å². The van der Waals surface area contributed by atoms with Crippen LogP contribution in [0.5, 0.6) is 0 Å². The second kappa shape index (κ2) is 6.40. The number of rotatable bonds is 3. The standard InChI is InChI=1S/C14H12ClN5O2S/c15-13-10(9-16)14(23-17-13)19-7-5-18(6-8-19)11-3-1-2-4-12(11)20(21)22/h1-4H,5-8H2. The van der Waals surface area contributed by atoms with Crippen LogP contribution < -0.4 is 9.80 Å². The third-order valence-corrected chi connectivity index (χ3v) is 5.01. The number of para-hydroxylation sites is 2. The lowest BCUT2D eigenvalue weighted by atomic mass is 10.2. The van der Waals surface area contributed by atoms with Crippen molar-refractivity contribution in [3.63, 3.8) is 0 Å². The fourth-order valence-corrected chi connectivity index (χ4v) is 3.69. The lowest BCUT2D eigenvalue weighted by Gasteiger charge is -2.36. The molecule has 0 aliphatic carbocycles. The topological polar surface area (TPSA) is 86.3 Å². The van der Waals surface area contributed by atoms with E-state index in [1.54, 1.807) is 18.2 Å². The van der Waals surface area contributed by atoms with Crippen LogP contribution in [-0.2, 0) is 0 Å². The first kappa shape index (κ1) is 15.5. The molecule has 0 bridgehead atoms. The largest absolute Gasteiger partial charge is 0.362 e. The molecule has 3 rings (SSSR count). The van der Waals surface area contributed by atoms with Gasteiger partial charge in [-0.05, 0) is 17.6 Å². The Labute approximate surface area is 141 Å². The van der Waals surface area contributed by atoms with E-state index in [9.17, 15) is 10.1 Å². The molecular formula is C14H12ClN5O2S. The van der Waals surface area contributed by atoms with E-state index in [1.807, 2.05) is 9.80 Å². The Kier molecular flexibility index (Phi) is 4.32. The second-order valence-corrected chi connectivity index (χ2v) is 6.10. The summed E-state index contributed by atoms with van der Waals surface area (Å²) in [6, 6.07) is 8.81. The van der Waals surface area contributed by atoms with Gasteiger partial charge in [-0.25, -0.2) is 0 Å². The van der Waals surface area contributed by atoms with Gasteiger partial charge in [0.25, 0.3) is 5.69 Å². The number of hydrogen-bond donors (Lipinski definition) is 0. The maximum atomic E-state index is 11.1. The van der Waals surface area contributed by atoms with E-state index in [-0.39, 0.29) is 15.8 Å². The smallest absolute Gasteiger partial charge is 0.292 e. The average molecular weight is 350 g/mol. The van der Waals surface area contributed by atoms with Gasteiger partial charge >= 0.3 is 0 Å². The van der Waals surface area contributed by atoms with Gasteiger partial charge in [0.2, 0.25) is 0 Å². The Hall–Kier alpha value is -2.37. The van der Waals surface area contributed by atoms with Crippen molar-refractivity contribution in [2.75, 3.05) is 36.0 Å². The number of piperazine rings is 1. The molecule has 0 unspecified atom stereocenters. The number of nitrogens with zero attached hydrogens (tertiary/aromatic N) is 5. The van der Waals surface area contributed by atoms with Crippen LogP contribution in [0.1, 0.15) is 5.56 Å². The summed E-state index contributed by atoms with van der Waals surface area (Å²) in [5.41, 5.74) is 1.13. The van der Waals surface area contributed by atoms with Crippen LogP contribution in [0.25, 0.3) is 0 Å². The molecule has 0 atom stereocenters. The van der Waals surface area contributed by atoms with Crippen molar-refractivity contribution in [2.45, 2.75) is 0 Å². The van der Waals surface area contributed by atoms with Gasteiger partial charge in [0.05, 0.1) is 4.92 Å². The minimum absolute atomic E-state index is 0.111. The van der Waals surface area contributed by atoms with E-state index in [1.165, 1.54) is 17.6 Å². The molecule has 0 radical (unpaired) electrons. The minimum Gasteiger partial charge on any atom is -0.362 e. The third kappa shape index (κ3) is 2.93. The van der Waals surface area contributed by atoms with E-state index in [0.29, 0.717) is 37.4 Å². The van der Waals surface area contributed by atoms with Gasteiger partial charge in [-0.2, -0.15) is 9.64 Å². The Morgan fingerprint density at radius 1 is 1.26 bits per heavy atom. The predicted octanol–water partition coefficient (Wildman–Crippen LogP) is 2.90. The van der Waals surface area contributed by atoms with Gasteiger partial charge in [0.1, 0.15) is 22.3 Å². The Balaban J connectivity index is 1.77. The summed E-state index contributed by atoms with van der Waals surface area (Å²) in [7, 11) is 0. The maximum Gasteiger partial charge on any atom is 0.292 e. The zero-order valence-electron chi connectivity index (χ0n) is 12.0. The van der Waals surface area contributed by atoms with Crippen LogP contribution in [0.4, 0.5) is 16.4 Å². The zero-order chi connectivity index (χ0) is 16.4. The summed E-state index contributed by atoms with van der Waals surface area (Å²) in [5.74, 6) is 0. The highest BCUT2D eigenvalue weighted by molar-refractivity contribution is 7.10.